The zero-order valence-corrected chi connectivity index (χ0v) is 12.3. The largest absolute Gasteiger partial charge is 0.392 e. The molecule has 2 aromatic rings. The van der Waals surface area contributed by atoms with Gasteiger partial charge in [0.2, 0.25) is 0 Å². The number of hydrogen-bond donors (Lipinski definition) is 2. The first kappa shape index (κ1) is 14.8. The van der Waals surface area contributed by atoms with Crippen LogP contribution in [0.2, 0.25) is 0 Å². The van der Waals surface area contributed by atoms with Gasteiger partial charge in [-0.2, -0.15) is 0 Å². The second kappa shape index (κ2) is 7.27. The van der Waals surface area contributed by atoms with E-state index in [1.807, 2.05) is 19.2 Å². The molecule has 2 rings (SSSR count). The van der Waals surface area contributed by atoms with Gasteiger partial charge in [0.25, 0.3) is 0 Å². The van der Waals surface area contributed by atoms with Crippen LogP contribution in [0.5, 0.6) is 0 Å². The van der Waals surface area contributed by atoms with Crippen molar-refractivity contribution in [3.8, 4) is 0 Å². The summed E-state index contributed by atoms with van der Waals surface area (Å²) in [6.07, 6.45) is 6.69. The molecule has 20 heavy (non-hydrogen) atoms. The Kier molecular flexibility index (Phi) is 5.39. The molecule has 0 saturated carbocycles. The highest BCUT2D eigenvalue weighted by Gasteiger charge is 2.09. The lowest BCUT2D eigenvalue weighted by molar-refractivity contribution is 0.282. The van der Waals surface area contributed by atoms with Gasteiger partial charge in [-0.15, -0.1) is 0 Å². The third kappa shape index (κ3) is 3.71. The summed E-state index contributed by atoms with van der Waals surface area (Å²) in [6, 6.07) is 10.7. The van der Waals surface area contributed by atoms with Crippen molar-refractivity contribution < 1.29 is 5.11 Å². The Morgan fingerprint density at radius 3 is 2.45 bits per heavy atom. The maximum Gasteiger partial charge on any atom is 0.0681 e. The van der Waals surface area contributed by atoms with Crippen molar-refractivity contribution in [2.45, 2.75) is 39.0 Å². The predicted molar refractivity (Wildman–Crippen MR) is 82.6 cm³/mol. The summed E-state index contributed by atoms with van der Waals surface area (Å²) >= 11 is 0. The summed E-state index contributed by atoms with van der Waals surface area (Å²) in [7, 11) is 2.02. The molecule has 1 unspecified atom stereocenters. The molecule has 0 amide bonds. The highest BCUT2D eigenvalue weighted by Crippen LogP contribution is 2.19. The lowest BCUT2D eigenvalue weighted by atomic mass is 10.1. The van der Waals surface area contributed by atoms with Crippen LogP contribution in [0.25, 0.3) is 0 Å². The van der Waals surface area contributed by atoms with Gasteiger partial charge in [0.1, 0.15) is 0 Å². The zero-order valence-electron chi connectivity index (χ0n) is 12.3. The quantitative estimate of drug-likeness (QED) is 0.812. The van der Waals surface area contributed by atoms with Crippen molar-refractivity contribution in [3.63, 3.8) is 0 Å². The van der Waals surface area contributed by atoms with Crippen LogP contribution in [-0.4, -0.2) is 16.7 Å². The van der Waals surface area contributed by atoms with Crippen molar-refractivity contribution in [2.75, 3.05) is 7.05 Å². The summed E-state index contributed by atoms with van der Waals surface area (Å²) in [5.41, 5.74) is 3.56. The SMILES string of the molecule is CCCC(NC)c1ccn(Cc2ccc(CO)cc2)c1. The van der Waals surface area contributed by atoms with Gasteiger partial charge < -0.3 is 15.0 Å². The molecule has 0 spiro atoms. The molecule has 0 aliphatic heterocycles. The van der Waals surface area contributed by atoms with Gasteiger partial charge >= 0.3 is 0 Å². The van der Waals surface area contributed by atoms with Crippen molar-refractivity contribution in [1.29, 1.82) is 0 Å². The maximum absolute atomic E-state index is 9.05. The molecular weight excluding hydrogens is 248 g/mol. The molecule has 1 atom stereocenters. The molecular formula is C17H24N2O. The van der Waals surface area contributed by atoms with Crippen LogP contribution in [0.4, 0.5) is 0 Å². The van der Waals surface area contributed by atoms with E-state index < -0.39 is 0 Å². The summed E-state index contributed by atoms with van der Waals surface area (Å²) in [5.74, 6) is 0. The molecule has 1 aromatic carbocycles. The van der Waals surface area contributed by atoms with Gasteiger partial charge in [0.05, 0.1) is 6.61 Å². The number of aliphatic hydroxyl groups excluding tert-OH is 1. The molecule has 1 aromatic heterocycles. The van der Waals surface area contributed by atoms with Crippen molar-refractivity contribution >= 4 is 0 Å². The fraction of sp³-hybridized carbons (Fsp3) is 0.412. The van der Waals surface area contributed by atoms with Gasteiger partial charge in [0.15, 0.2) is 0 Å². The van der Waals surface area contributed by atoms with Crippen LogP contribution in [0.1, 0.15) is 42.5 Å². The van der Waals surface area contributed by atoms with Crippen LogP contribution < -0.4 is 5.32 Å². The normalized spacial score (nSPS) is 12.6. The van der Waals surface area contributed by atoms with E-state index >= 15 is 0 Å². The topological polar surface area (TPSA) is 37.2 Å². The highest BCUT2D eigenvalue weighted by atomic mass is 16.3. The van der Waals surface area contributed by atoms with Crippen molar-refractivity contribution in [2.24, 2.45) is 0 Å². The first-order valence-corrected chi connectivity index (χ1v) is 7.28. The molecule has 0 saturated heterocycles. The van der Waals surface area contributed by atoms with Gasteiger partial charge in [-0.05, 0) is 36.2 Å². The summed E-state index contributed by atoms with van der Waals surface area (Å²) in [6.45, 7) is 3.19. The average molecular weight is 272 g/mol. The van der Waals surface area contributed by atoms with E-state index in [0.717, 1.165) is 18.5 Å². The Morgan fingerprint density at radius 2 is 1.85 bits per heavy atom. The standard InChI is InChI=1S/C17H24N2O/c1-3-4-17(18-2)16-9-10-19(12-16)11-14-5-7-15(13-20)8-6-14/h5-10,12,17-18,20H,3-4,11,13H2,1-2H3. The second-order valence-electron chi connectivity index (χ2n) is 5.22. The van der Waals surface area contributed by atoms with Crippen LogP contribution in [0.3, 0.4) is 0 Å². The molecule has 0 fully saturated rings. The van der Waals surface area contributed by atoms with Crippen LogP contribution >= 0.6 is 0 Å². The minimum Gasteiger partial charge on any atom is -0.392 e. The van der Waals surface area contributed by atoms with Gasteiger partial charge in [-0.1, -0.05) is 37.6 Å². The molecule has 3 nitrogen and oxygen atoms in total. The number of benzene rings is 1. The molecule has 0 bridgehead atoms. The fourth-order valence-corrected chi connectivity index (χ4v) is 2.49. The third-order valence-electron chi connectivity index (χ3n) is 3.67. The Morgan fingerprint density at radius 1 is 1.15 bits per heavy atom. The summed E-state index contributed by atoms with van der Waals surface area (Å²) in [5, 5.41) is 12.4. The Labute approximate surface area is 121 Å². The molecule has 1 heterocycles. The van der Waals surface area contributed by atoms with Crippen LogP contribution in [0.15, 0.2) is 42.7 Å². The van der Waals surface area contributed by atoms with Crippen molar-refractivity contribution in [1.82, 2.24) is 9.88 Å². The molecule has 0 radical (unpaired) electrons. The maximum atomic E-state index is 9.05. The van der Waals surface area contributed by atoms with Crippen LogP contribution in [-0.2, 0) is 13.2 Å². The molecule has 2 N–H and O–H groups in total. The average Bonchev–Trinajstić information content (AvgIpc) is 2.94. The predicted octanol–water partition coefficient (Wildman–Crippen LogP) is 3.09. The molecule has 0 aliphatic rings. The Balaban J connectivity index is 2.04. The molecule has 108 valence electrons. The summed E-state index contributed by atoms with van der Waals surface area (Å²) in [4.78, 5) is 0. The van der Waals surface area contributed by atoms with E-state index in [1.165, 1.54) is 17.5 Å². The Bertz CT molecular complexity index is 516. The molecule has 0 aliphatic carbocycles. The number of aromatic nitrogens is 1. The number of nitrogens with zero attached hydrogens (tertiary/aromatic N) is 1. The van der Waals surface area contributed by atoms with E-state index in [1.54, 1.807) is 0 Å². The van der Waals surface area contributed by atoms with E-state index in [9.17, 15) is 0 Å². The zero-order chi connectivity index (χ0) is 14.4. The Hall–Kier alpha value is -1.58. The third-order valence-corrected chi connectivity index (χ3v) is 3.67. The smallest absolute Gasteiger partial charge is 0.0681 e. The minimum absolute atomic E-state index is 0.106. The molecule has 3 heteroatoms. The fourth-order valence-electron chi connectivity index (χ4n) is 2.49. The minimum atomic E-state index is 0.106. The van der Waals surface area contributed by atoms with E-state index in [-0.39, 0.29) is 6.61 Å². The number of nitrogens with one attached hydrogen (secondary N) is 1. The van der Waals surface area contributed by atoms with Gasteiger partial charge in [-0.25, -0.2) is 0 Å². The highest BCUT2D eigenvalue weighted by molar-refractivity contribution is 5.23. The summed E-state index contributed by atoms with van der Waals surface area (Å²) < 4.78 is 2.21. The van der Waals surface area contributed by atoms with Crippen molar-refractivity contribution in [3.05, 3.63) is 59.4 Å². The monoisotopic (exact) mass is 272 g/mol. The van der Waals surface area contributed by atoms with E-state index in [2.05, 4.69) is 47.4 Å². The number of rotatable bonds is 7. The lowest BCUT2D eigenvalue weighted by Gasteiger charge is -2.13. The number of hydrogen-bond acceptors (Lipinski definition) is 2. The lowest BCUT2D eigenvalue weighted by Crippen LogP contribution is -2.15. The number of aliphatic hydroxyl groups is 1. The van der Waals surface area contributed by atoms with E-state index in [0.29, 0.717) is 6.04 Å². The van der Waals surface area contributed by atoms with Gasteiger partial charge in [-0.3, -0.25) is 0 Å². The van der Waals surface area contributed by atoms with Crippen LogP contribution in [0, 0.1) is 0 Å². The van der Waals surface area contributed by atoms with Gasteiger partial charge in [0, 0.05) is 25.0 Å². The van der Waals surface area contributed by atoms with E-state index in [4.69, 9.17) is 5.11 Å². The first-order valence-electron chi connectivity index (χ1n) is 7.28. The second-order valence-corrected chi connectivity index (χ2v) is 5.22. The first-order chi connectivity index (χ1) is 9.76.